The summed E-state index contributed by atoms with van der Waals surface area (Å²) in [5.74, 6) is 1.34. The first-order valence-corrected chi connectivity index (χ1v) is 7.63. The number of carbonyl (C=O) groups excluding carboxylic acids is 1. The van der Waals surface area contributed by atoms with Crippen LogP contribution < -0.4 is 9.47 Å². The van der Waals surface area contributed by atoms with Gasteiger partial charge >= 0.3 is 0 Å². The summed E-state index contributed by atoms with van der Waals surface area (Å²) < 4.78 is 10.6. The van der Waals surface area contributed by atoms with E-state index in [2.05, 4.69) is 0 Å². The Kier molecular flexibility index (Phi) is 5.88. The summed E-state index contributed by atoms with van der Waals surface area (Å²) >= 11 is 5.97. The average molecular weight is 334 g/mol. The molecular formula is C18H20ClNO3. The summed E-state index contributed by atoms with van der Waals surface area (Å²) in [5.41, 5.74) is 1.95. The smallest absolute Gasteiger partial charge is 0.260 e. The molecule has 0 bridgehead atoms. The molecule has 2 rings (SSSR count). The van der Waals surface area contributed by atoms with Gasteiger partial charge in [-0.1, -0.05) is 23.7 Å². The zero-order valence-electron chi connectivity index (χ0n) is 13.5. The summed E-state index contributed by atoms with van der Waals surface area (Å²) in [6.07, 6.45) is 0. The minimum absolute atomic E-state index is 0.00622. The third-order valence-corrected chi connectivity index (χ3v) is 3.92. The van der Waals surface area contributed by atoms with Crippen molar-refractivity contribution >= 4 is 17.5 Å². The van der Waals surface area contributed by atoms with E-state index in [1.165, 1.54) is 0 Å². The van der Waals surface area contributed by atoms with Crippen molar-refractivity contribution in [3.63, 3.8) is 0 Å². The Balaban J connectivity index is 1.87. The highest BCUT2D eigenvalue weighted by Gasteiger charge is 2.10. The van der Waals surface area contributed by atoms with E-state index >= 15 is 0 Å². The topological polar surface area (TPSA) is 38.8 Å². The van der Waals surface area contributed by atoms with Crippen molar-refractivity contribution in [2.75, 3.05) is 20.8 Å². The molecule has 0 aliphatic rings. The summed E-state index contributed by atoms with van der Waals surface area (Å²) in [6, 6.07) is 13.0. The van der Waals surface area contributed by atoms with Crippen molar-refractivity contribution in [3.8, 4) is 11.5 Å². The SMILES string of the molecule is COc1ccc(CN(C)C(=O)COc2ccc(Cl)c(C)c2)cc1. The van der Waals surface area contributed by atoms with E-state index in [9.17, 15) is 4.79 Å². The Bertz CT molecular complexity index is 670. The molecule has 1 amide bonds. The van der Waals surface area contributed by atoms with Gasteiger partial charge in [0.05, 0.1) is 7.11 Å². The minimum Gasteiger partial charge on any atom is -0.497 e. The van der Waals surface area contributed by atoms with E-state index in [0.717, 1.165) is 16.9 Å². The van der Waals surface area contributed by atoms with Crippen molar-refractivity contribution in [1.29, 1.82) is 0 Å². The highest BCUT2D eigenvalue weighted by atomic mass is 35.5. The lowest BCUT2D eigenvalue weighted by molar-refractivity contribution is -0.132. The van der Waals surface area contributed by atoms with Crippen LogP contribution in [0.15, 0.2) is 42.5 Å². The highest BCUT2D eigenvalue weighted by Crippen LogP contribution is 2.21. The molecule has 0 saturated heterocycles. The second-order valence-electron chi connectivity index (χ2n) is 5.30. The fraction of sp³-hybridized carbons (Fsp3) is 0.278. The second-order valence-corrected chi connectivity index (χ2v) is 5.70. The molecule has 2 aromatic carbocycles. The average Bonchev–Trinajstić information content (AvgIpc) is 2.56. The van der Waals surface area contributed by atoms with Crippen LogP contribution in [0.25, 0.3) is 0 Å². The summed E-state index contributed by atoms with van der Waals surface area (Å²) in [7, 11) is 3.38. The highest BCUT2D eigenvalue weighted by molar-refractivity contribution is 6.31. The van der Waals surface area contributed by atoms with Gasteiger partial charge in [0, 0.05) is 18.6 Å². The Morgan fingerprint density at radius 3 is 2.39 bits per heavy atom. The molecule has 0 radical (unpaired) electrons. The maximum Gasteiger partial charge on any atom is 0.260 e. The third-order valence-electron chi connectivity index (χ3n) is 3.50. The minimum atomic E-state index is -0.0894. The van der Waals surface area contributed by atoms with Gasteiger partial charge < -0.3 is 14.4 Å². The van der Waals surface area contributed by atoms with Gasteiger partial charge in [0.2, 0.25) is 0 Å². The predicted octanol–water partition coefficient (Wildman–Crippen LogP) is 3.69. The van der Waals surface area contributed by atoms with E-state index in [4.69, 9.17) is 21.1 Å². The Morgan fingerprint density at radius 2 is 1.78 bits per heavy atom. The van der Waals surface area contributed by atoms with Gasteiger partial charge in [-0.15, -0.1) is 0 Å². The molecule has 0 spiro atoms. The van der Waals surface area contributed by atoms with Crippen LogP contribution in [0.5, 0.6) is 11.5 Å². The normalized spacial score (nSPS) is 10.3. The van der Waals surface area contributed by atoms with Crippen molar-refractivity contribution in [2.24, 2.45) is 0 Å². The molecule has 4 nitrogen and oxygen atoms in total. The van der Waals surface area contributed by atoms with Crippen LogP contribution >= 0.6 is 11.6 Å². The van der Waals surface area contributed by atoms with E-state index in [1.54, 1.807) is 31.2 Å². The molecule has 23 heavy (non-hydrogen) atoms. The number of carbonyl (C=O) groups is 1. The number of nitrogens with zero attached hydrogens (tertiary/aromatic N) is 1. The summed E-state index contributed by atoms with van der Waals surface area (Å²) in [5, 5.41) is 0.681. The molecular weight excluding hydrogens is 314 g/mol. The number of ether oxygens (including phenoxy) is 2. The first-order chi connectivity index (χ1) is 11.0. The number of aryl methyl sites for hydroxylation is 1. The molecule has 0 atom stereocenters. The van der Waals surface area contributed by atoms with Crippen LogP contribution in [0.2, 0.25) is 5.02 Å². The number of rotatable bonds is 6. The Hall–Kier alpha value is -2.20. The van der Waals surface area contributed by atoms with Crippen LogP contribution in [0, 0.1) is 6.92 Å². The number of hydrogen-bond acceptors (Lipinski definition) is 3. The zero-order valence-corrected chi connectivity index (χ0v) is 14.3. The number of methoxy groups -OCH3 is 1. The molecule has 2 aromatic rings. The van der Waals surface area contributed by atoms with Crippen LogP contribution in [-0.4, -0.2) is 31.6 Å². The first kappa shape index (κ1) is 17.2. The van der Waals surface area contributed by atoms with E-state index in [1.807, 2.05) is 37.3 Å². The summed E-state index contributed by atoms with van der Waals surface area (Å²) in [6.45, 7) is 2.41. The van der Waals surface area contributed by atoms with Crippen LogP contribution in [-0.2, 0) is 11.3 Å². The van der Waals surface area contributed by atoms with Gasteiger partial charge in [-0.2, -0.15) is 0 Å². The molecule has 5 heteroatoms. The number of likely N-dealkylation sites (N-methyl/N-ethyl adjacent to an activating group) is 1. The van der Waals surface area contributed by atoms with Crippen molar-refractivity contribution in [2.45, 2.75) is 13.5 Å². The first-order valence-electron chi connectivity index (χ1n) is 7.25. The fourth-order valence-corrected chi connectivity index (χ4v) is 2.17. The summed E-state index contributed by atoms with van der Waals surface area (Å²) in [4.78, 5) is 13.8. The number of hydrogen-bond donors (Lipinski definition) is 0. The Labute approximate surface area is 141 Å². The monoisotopic (exact) mass is 333 g/mol. The Morgan fingerprint density at radius 1 is 1.13 bits per heavy atom. The molecule has 122 valence electrons. The molecule has 0 saturated carbocycles. The van der Waals surface area contributed by atoms with Crippen molar-refractivity contribution in [3.05, 3.63) is 58.6 Å². The molecule has 0 fully saturated rings. The molecule has 0 N–H and O–H groups in total. The standard InChI is InChI=1S/C18H20ClNO3/c1-13-10-16(8-9-17(13)19)23-12-18(21)20(2)11-14-4-6-15(22-3)7-5-14/h4-10H,11-12H2,1-3H3. The lowest BCUT2D eigenvalue weighted by Crippen LogP contribution is -2.30. The van der Waals surface area contributed by atoms with Gasteiger partial charge in [-0.3, -0.25) is 4.79 Å². The molecule has 0 aliphatic carbocycles. The van der Waals surface area contributed by atoms with Crippen LogP contribution in [0.4, 0.5) is 0 Å². The van der Waals surface area contributed by atoms with Gasteiger partial charge in [-0.05, 0) is 48.4 Å². The second kappa shape index (κ2) is 7.88. The predicted molar refractivity (Wildman–Crippen MR) is 91.2 cm³/mol. The number of halogens is 1. The molecule has 0 aliphatic heterocycles. The van der Waals surface area contributed by atoms with Gasteiger partial charge in [0.25, 0.3) is 5.91 Å². The van der Waals surface area contributed by atoms with Crippen LogP contribution in [0.1, 0.15) is 11.1 Å². The maximum absolute atomic E-state index is 12.1. The van der Waals surface area contributed by atoms with Crippen molar-refractivity contribution in [1.82, 2.24) is 4.90 Å². The largest absolute Gasteiger partial charge is 0.497 e. The van der Waals surface area contributed by atoms with E-state index < -0.39 is 0 Å². The van der Waals surface area contributed by atoms with Gasteiger partial charge in [-0.25, -0.2) is 0 Å². The third kappa shape index (κ3) is 4.89. The van der Waals surface area contributed by atoms with Gasteiger partial charge in [0.15, 0.2) is 6.61 Å². The zero-order chi connectivity index (χ0) is 16.8. The number of benzene rings is 2. The van der Waals surface area contributed by atoms with Crippen LogP contribution in [0.3, 0.4) is 0 Å². The van der Waals surface area contributed by atoms with E-state index in [0.29, 0.717) is 17.3 Å². The molecule has 0 heterocycles. The molecule has 0 unspecified atom stereocenters. The van der Waals surface area contributed by atoms with E-state index in [-0.39, 0.29) is 12.5 Å². The lowest BCUT2D eigenvalue weighted by atomic mass is 10.2. The fourth-order valence-electron chi connectivity index (χ4n) is 2.06. The molecule has 0 aromatic heterocycles. The maximum atomic E-state index is 12.1. The number of amides is 1. The van der Waals surface area contributed by atoms with Crippen molar-refractivity contribution < 1.29 is 14.3 Å². The quantitative estimate of drug-likeness (QED) is 0.809. The van der Waals surface area contributed by atoms with Gasteiger partial charge in [0.1, 0.15) is 11.5 Å². The lowest BCUT2D eigenvalue weighted by Gasteiger charge is -2.18.